The van der Waals surface area contributed by atoms with Crippen molar-refractivity contribution >= 4 is 35.6 Å². The zero-order chi connectivity index (χ0) is 21.4. The van der Waals surface area contributed by atoms with Crippen LogP contribution in [0.15, 0.2) is 29.3 Å². The first kappa shape index (κ1) is 25.9. The first-order valence-electron chi connectivity index (χ1n) is 10.6. The summed E-state index contributed by atoms with van der Waals surface area (Å²) in [6.07, 6.45) is 3.20. The van der Waals surface area contributed by atoms with E-state index in [-0.39, 0.29) is 35.8 Å². The number of nitrogens with zero attached hydrogens (tertiary/aromatic N) is 2. The average molecular weight is 554 g/mol. The Kier molecular flexibility index (Phi) is 10.5. The summed E-state index contributed by atoms with van der Waals surface area (Å²) in [6, 6.07) is 6.94. The van der Waals surface area contributed by atoms with Gasteiger partial charge in [-0.3, -0.25) is 4.99 Å². The van der Waals surface area contributed by atoms with Crippen molar-refractivity contribution in [3.05, 3.63) is 24.3 Å². The summed E-state index contributed by atoms with van der Waals surface area (Å²) < 4.78 is 34.4. The Bertz CT molecular complexity index is 688. The molecule has 3 N–H and O–H groups in total. The quantitative estimate of drug-likeness (QED) is 0.274. The second kappa shape index (κ2) is 12.6. The Hall–Kier alpha value is -1.40. The molecule has 1 atom stereocenters. The summed E-state index contributed by atoms with van der Waals surface area (Å²) >= 11 is 0. The molecule has 1 aromatic carbocycles. The first-order valence-corrected chi connectivity index (χ1v) is 10.6. The van der Waals surface area contributed by atoms with Gasteiger partial charge in [0.15, 0.2) is 5.96 Å². The molecular weight excluding hydrogens is 521 g/mol. The number of hydrogen-bond acceptors (Lipinski definition) is 5. The van der Waals surface area contributed by atoms with Gasteiger partial charge in [0.05, 0.1) is 12.1 Å². The fourth-order valence-corrected chi connectivity index (χ4v) is 3.82. The number of aliphatic imine (C=N–C) groups is 1. The van der Waals surface area contributed by atoms with Crippen LogP contribution in [0.25, 0.3) is 0 Å². The Morgan fingerprint density at radius 1 is 1.32 bits per heavy atom. The van der Waals surface area contributed by atoms with Crippen molar-refractivity contribution in [2.45, 2.75) is 50.9 Å². The van der Waals surface area contributed by atoms with Crippen molar-refractivity contribution in [2.24, 2.45) is 4.99 Å². The number of aliphatic hydroxyl groups is 1. The van der Waals surface area contributed by atoms with Crippen molar-refractivity contribution in [3.8, 4) is 5.75 Å². The zero-order valence-corrected chi connectivity index (χ0v) is 20.2. The van der Waals surface area contributed by atoms with Crippen molar-refractivity contribution in [2.75, 3.05) is 44.3 Å². The molecule has 176 valence electrons. The molecule has 0 aromatic heterocycles. The van der Waals surface area contributed by atoms with E-state index in [1.807, 2.05) is 6.92 Å². The molecule has 0 spiro atoms. The van der Waals surface area contributed by atoms with Gasteiger partial charge in [-0.1, -0.05) is 0 Å². The molecule has 31 heavy (non-hydrogen) atoms. The monoisotopic (exact) mass is 554 g/mol. The zero-order valence-electron chi connectivity index (χ0n) is 17.9. The van der Waals surface area contributed by atoms with E-state index in [4.69, 9.17) is 4.74 Å². The maximum atomic E-state index is 12.3. The second-order valence-corrected chi connectivity index (χ2v) is 7.83. The summed E-state index contributed by atoms with van der Waals surface area (Å²) in [5, 5.41) is 17.4. The molecule has 0 bridgehead atoms. The molecule has 2 aliphatic heterocycles. The predicted octanol–water partition coefficient (Wildman–Crippen LogP) is 2.97. The van der Waals surface area contributed by atoms with E-state index in [0.717, 1.165) is 38.2 Å². The highest BCUT2D eigenvalue weighted by Crippen LogP contribution is 2.24. The number of guanidine groups is 1. The maximum Gasteiger partial charge on any atom is 0.387 e. The summed E-state index contributed by atoms with van der Waals surface area (Å²) in [6.45, 7) is 3.07. The third-order valence-electron chi connectivity index (χ3n) is 5.49. The predicted molar refractivity (Wildman–Crippen MR) is 128 cm³/mol. The average Bonchev–Trinajstić information content (AvgIpc) is 2.73. The molecule has 1 unspecified atom stereocenters. The van der Waals surface area contributed by atoms with Crippen molar-refractivity contribution in [1.82, 2.24) is 10.6 Å². The topological polar surface area (TPSA) is 78.4 Å². The lowest BCUT2D eigenvalue weighted by molar-refractivity contribution is -0.0566. The van der Waals surface area contributed by atoms with Crippen LogP contribution in [0.3, 0.4) is 0 Å². The summed E-state index contributed by atoms with van der Waals surface area (Å²) in [7, 11) is 0. The van der Waals surface area contributed by atoms with Gasteiger partial charge >= 0.3 is 6.61 Å². The van der Waals surface area contributed by atoms with Crippen LogP contribution in [-0.4, -0.2) is 68.7 Å². The van der Waals surface area contributed by atoms with Gasteiger partial charge in [-0.05, 0) is 44.0 Å². The Morgan fingerprint density at radius 2 is 2.03 bits per heavy atom. The van der Waals surface area contributed by atoms with Gasteiger partial charge in [-0.2, -0.15) is 8.78 Å². The van der Waals surface area contributed by atoms with Gasteiger partial charge in [0, 0.05) is 57.4 Å². The molecule has 7 nitrogen and oxygen atoms in total. The maximum absolute atomic E-state index is 12.3. The van der Waals surface area contributed by atoms with Crippen LogP contribution in [-0.2, 0) is 4.74 Å². The summed E-state index contributed by atoms with van der Waals surface area (Å²) in [4.78, 5) is 6.85. The van der Waals surface area contributed by atoms with E-state index in [9.17, 15) is 13.9 Å². The van der Waals surface area contributed by atoms with E-state index in [0.29, 0.717) is 38.6 Å². The van der Waals surface area contributed by atoms with Gasteiger partial charge < -0.3 is 30.1 Å². The van der Waals surface area contributed by atoms with Gasteiger partial charge in [-0.15, -0.1) is 24.0 Å². The van der Waals surface area contributed by atoms with Gasteiger partial charge in [0.2, 0.25) is 0 Å². The van der Waals surface area contributed by atoms with Crippen molar-refractivity contribution in [3.63, 3.8) is 0 Å². The second-order valence-electron chi connectivity index (χ2n) is 7.83. The molecule has 0 radical (unpaired) electrons. The highest BCUT2D eigenvalue weighted by Gasteiger charge is 2.30. The van der Waals surface area contributed by atoms with Crippen LogP contribution in [0.4, 0.5) is 14.5 Å². The van der Waals surface area contributed by atoms with Crippen LogP contribution < -0.4 is 20.3 Å². The number of ether oxygens (including phenoxy) is 2. The SMILES string of the molecule is CCNC(=NCC1(O)CCOCC1)NC1CCCN(c2ccc(OC(F)F)cc2)C1.I. The molecule has 2 saturated heterocycles. The number of nitrogens with one attached hydrogen (secondary N) is 2. The number of halogens is 3. The normalized spacial score (nSPS) is 21.4. The molecule has 0 aliphatic carbocycles. The van der Waals surface area contributed by atoms with Crippen LogP contribution in [0, 0.1) is 0 Å². The van der Waals surface area contributed by atoms with E-state index < -0.39 is 12.2 Å². The number of hydrogen-bond donors (Lipinski definition) is 3. The van der Waals surface area contributed by atoms with E-state index >= 15 is 0 Å². The standard InChI is InChI=1S/C21H32F2N4O3.HI/c1-2-24-20(25-15-21(28)9-12-29-13-10-21)26-16-4-3-11-27(14-16)17-5-7-18(8-6-17)30-19(22)23;/h5-8,16,19,28H,2-4,9-15H2,1H3,(H2,24,25,26);1H. The Balaban J connectivity index is 0.00000341. The van der Waals surface area contributed by atoms with Crippen molar-refractivity contribution < 1.29 is 23.4 Å². The van der Waals surface area contributed by atoms with Crippen LogP contribution in [0.1, 0.15) is 32.6 Å². The largest absolute Gasteiger partial charge is 0.435 e. The van der Waals surface area contributed by atoms with Gasteiger partial charge in [0.25, 0.3) is 0 Å². The van der Waals surface area contributed by atoms with Crippen LogP contribution in [0.5, 0.6) is 5.75 Å². The highest BCUT2D eigenvalue weighted by atomic mass is 127. The van der Waals surface area contributed by atoms with Crippen LogP contribution >= 0.6 is 24.0 Å². The Morgan fingerprint density at radius 3 is 2.68 bits per heavy atom. The molecule has 3 rings (SSSR count). The van der Waals surface area contributed by atoms with E-state index in [1.54, 1.807) is 24.3 Å². The number of alkyl halides is 2. The molecule has 2 aliphatic rings. The molecule has 0 amide bonds. The fourth-order valence-electron chi connectivity index (χ4n) is 3.82. The number of benzene rings is 1. The molecular formula is C21H33F2IN4O3. The van der Waals surface area contributed by atoms with Crippen molar-refractivity contribution in [1.29, 1.82) is 0 Å². The van der Waals surface area contributed by atoms with E-state index in [1.165, 1.54) is 0 Å². The third-order valence-corrected chi connectivity index (χ3v) is 5.49. The lowest BCUT2D eigenvalue weighted by Crippen LogP contribution is -2.52. The fraction of sp³-hybridized carbons (Fsp3) is 0.667. The highest BCUT2D eigenvalue weighted by molar-refractivity contribution is 14.0. The van der Waals surface area contributed by atoms with Crippen LogP contribution in [0.2, 0.25) is 0 Å². The lowest BCUT2D eigenvalue weighted by atomic mass is 9.95. The smallest absolute Gasteiger partial charge is 0.387 e. The first-order chi connectivity index (χ1) is 14.5. The minimum atomic E-state index is -2.82. The third kappa shape index (κ3) is 8.23. The molecule has 0 saturated carbocycles. The molecule has 10 heteroatoms. The minimum Gasteiger partial charge on any atom is -0.435 e. The number of rotatable bonds is 7. The number of anilines is 1. The van der Waals surface area contributed by atoms with E-state index in [2.05, 4.69) is 25.3 Å². The van der Waals surface area contributed by atoms with Gasteiger partial charge in [-0.25, -0.2) is 0 Å². The summed E-state index contributed by atoms with van der Waals surface area (Å²) in [5.41, 5.74) is 0.169. The molecule has 1 aromatic rings. The molecule has 2 fully saturated rings. The lowest BCUT2D eigenvalue weighted by Gasteiger charge is -2.36. The number of piperidine rings is 1. The Labute approximate surface area is 199 Å². The molecule has 2 heterocycles. The minimum absolute atomic E-state index is 0. The van der Waals surface area contributed by atoms with Gasteiger partial charge in [0.1, 0.15) is 5.75 Å². The summed E-state index contributed by atoms with van der Waals surface area (Å²) in [5.74, 6) is 0.859.